The standard InChI is InChI=1S/C24H28N2O4S/c1-17-20-22(31-21(17)24(28)30-19-12-6-3-7-13-19)25-16-26(23(20)27)14-8-9-15-29-18-10-4-2-5-11-18/h2,4-5,10-11,16,19H,3,6-9,12-15H2,1H3. The van der Waals surface area contributed by atoms with Crippen LogP contribution in [0.15, 0.2) is 41.5 Å². The predicted octanol–water partition coefficient (Wildman–Crippen LogP) is 5.12. The molecule has 164 valence electrons. The first-order chi connectivity index (χ1) is 15.1. The van der Waals surface area contributed by atoms with Crippen LogP contribution in [0.25, 0.3) is 10.2 Å². The first-order valence-electron chi connectivity index (χ1n) is 11.0. The topological polar surface area (TPSA) is 70.4 Å². The van der Waals surface area contributed by atoms with E-state index in [1.807, 2.05) is 37.3 Å². The van der Waals surface area contributed by atoms with Crippen LogP contribution < -0.4 is 10.3 Å². The summed E-state index contributed by atoms with van der Waals surface area (Å²) in [6.07, 6.45) is 8.48. The number of carbonyl (C=O) groups excluding carboxylic acids is 1. The van der Waals surface area contributed by atoms with Crippen LogP contribution in [0.2, 0.25) is 0 Å². The van der Waals surface area contributed by atoms with Gasteiger partial charge in [0.25, 0.3) is 5.56 Å². The highest BCUT2D eigenvalue weighted by Crippen LogP contribution is 2.29. The number of fused-ring (bicyclic) bond motifs is 1. The van der Waals surface area contributed by atoms with Crippen LogP contribution in [0.3, 0.4) is 0 Å². The molecule has 0 amide bonds. The van der Waals surface area contributed by atoms with Crippen molar-refractivity contribution < 1.29 is 14.3 Å². The molecule has 2 heterocycles. The molecule has 1 fully saturated rings. The highest BCUT2D eigenvalue weighted by molar-refractivity contribution is 7.20. The van der Waals surface area contributed by atoms with Gasteiger partial charge in [0.2, 0.25) is 0 Å². The minimum Gasteiger partial charge on any atom is -0.494 e. The lowest BCUT2D eigenvalue weighted by Crippen LogP contribution is -2.22. The summed E-state index contributed by atoms with van der Waals surface area (Å²) in [5, 5.41) is 0.531. The third-order valence-electron chi connectivity index (χ3n) is 5.73. The Kier molecular flexibility index (Phi) is 7.02. The van der Waals surface area contributed by atoms with Crippen molar-refractivity contribution in [3.8, 4) is 5.75 Å². The van der Waals surface area contributed by atoms with Crippen molar-refractivity contribution in [3.05, 3.63) is 57.5 Å². The number of unbranched alkanes of at least 4 members (excludes halogenated alkanes) is 1. The molecule has 0 unspecified atom stereocenters. The second-order valence-electron chi connectivity index (χ2n) is 8.01. The van der Waals surface area contributed by atoms with Gasteiger partial charge >= 0.3 is 5.97 Å². The van der Waals surface area contributed by atoms with Crippen LogP contribution >= 0.6 is 11.3 Å². The summed E-state index contributed by atoms with van der Waals surface area (Å²) < 4.78 is 13.0. The Morgan fingerprint density at radius 1 is 1.16 bits per heavy atom. The van der Waals surface area contributed by atoms with Gasteiger partial charge in [-0.25, -0.2) is 9.78 Å². The lowest BCUT2D eigenvalue weighted by molar-refractivity contribution is 0.0216. The molecule has 0 spiro atoms. The van der Waals surface area contributed by atoms with Gasteiger partial charge in [0, 0.05) is 6.54 Å². The fourth-order valence-corrected chi connectivity index (χ4v) is 5.01. The number of benzene rings is 1. The SMILES string of the molecule is Cc1c(C(=O)OC2CCCCC2)sc2ncn(CCCCOc3ccccc3)c(=O)c12. The number of hydrogen-bond donors (Lipinski definition) is 0. The average Bonchev–Trinajstić information content (AvgIpc) is 3.13. The maximum absolute atomic E-state index is 13.0. The second kappa shape index (κ2) is 10.1. The monoisotopic (exact) mass is 440 g/mol. The summed E-state index contributed by atoms with van der Waals surface area (Å²) in [5.74, 6) is 0.528. The summed E-state index contributed by atoms with van der Waals surface area (Å²) in [5.41, 5.74) is 0.583. The zero-order chi connectivity index (χ0) is 21.6. The van der Waals surface area contributed by atoms with Gasteiger partial charge in [-0.2, -0.15) is 0 Å². The van der Waals surface area contributed by atoms with E-state index in [2.05, 4.69) is 4.98 Å². The quantitative estimate of drug-likeness (QED) is 0.359. The Hall–Kier alpha value is -2.67. The third-order valence-corrected chi connectivity index (χ3v) is 6.91. The van der Waals surface area contributed by atoms with E-state index in [-0.39, 0.29) is 17.6 Å². The van der Waals surface area contributed by atoms with Gasteiger partial charge in [-0.15, -0.1) is 11.3 Å². The maximum Gasteiger partial charge on any atom is 0.348 e. The normalized spacial score (nSPS) is 14.6. The van der Waals surface area contributed by atoms with E-state index < -0.39 is 0 Å². The predicted molar refractivity (Wildman–Crippen MR) is 122 cm³/mol. The Morgan fingerprint density at radius 3 is 2.71 bits per heavy atom. The number of carbonyl (C=O) groups is 1. The van der Waals surface area contributed by atoms with Gasteiger partial charge in [-0.05, 0) is 63.1 Å². The molecule has 1 aliphatic rings. The molecule has 1 aliphatic carbocycles. The number of nitrogens with zero attached hydrogens (tertiary/aromatic N) is 2. The van der Waals surface area contributed by atoms with Crippen molar-refractivity contribution in [1.29, 1.82) is 0 Å². The summed E-state index contributed by atoms with van der Waals surface area (Å²) >= 11 is 1.25. The highest BCUT2D eigenvalue weighted by Gasteiger charge is 2.24. The maximum atomic E-state index is 13.0. The fraction of sp³-hybridized carbons (Fsp3) is 0.458. The molecule has 0 aliphatic heterocycles. The first kappa shape index (κ1) is 21.6. The van der Waals surface area contributed by atoms with Crippen molar-refractivity contribution in [2.45, 2.75) is 64.5 Å². The molecule has 1 aromatic carbocycles. The largest absolute Gasteiger partial charge is 0.494 e. The molecule has 31 heavy (non-hydrogen) atoms. The molecule has 2 aromatic heterocycles. The van der Waals surface area contributed by atoms with Crippen LogP contribution in [-0.4, -0.2) is 28.2 Å². The van der Waals surface area contributed by atoms with E-state index in [9.17, 15) is 9.59 Å². The highest BCUT2D eigenvalue weighted by atomic mass is 32.1. The Morgan fingerprint density at radius 2 is 1.94 bits per heavy atom. The zero-order valence-corrected chi connectivity index (χ0v) is 18.7. The van der Waals surface area contributed by atoms with E-state index in [0.29, 0.717) is 33.8 Å². The molecule has 1 saturated carbocycles. The van der Waals surface area contributed by atoms with E-state index in [1.54, 1.807) is 10.9 Å². The molecule has 7 heteroatoms. The number of hydrogen-bond acceptors (Lipinski definition) is 6. The number of ether oxygens (including phenoxy) is 2. The molecule has 0 atom stereocenters. The lowest BCUT2D eigenvalue weighted by atomic mass is 9.98. The number of thiophene rings is 1. The third kappa shape index (κ3) is 5.15. The minimum absolute atomic E-state index is 0.00594. The van der Waals surface area contributed by atoms with Crippen LogP contribution in [0.1, 0.15) is 60.2 Å². The van der Waals surface area contributed by atoms with Gasteiger partial charge in [0.15, 0.2) is 0 Å². The molecular weight excluding hydrogens is 412 g/mol. The number of aryl methyl sites for hydroxylation is 2. The van der Waals surface area contributed by atoms with E-state index >= 15 is 0 Å². The van der Waals surface area contributed by atoms with Crippen LogP contribution in [0.4, 0.5) is 0 Å². The Balaban J connectivity index is 1.39. The molecular formula is C24H28N2O4S. The summed E-state index contributed by atoms with van der Waals surface area (Å²) in [6, 6.07) is 9.70. The molecule has 0 bridgehead atoms. The van der Waals surface area contributed by atoms with E-state index in [0.717, 1.165) is 44.3 Å². The summed E-state index contributed by atoms with van der Waals surface area (Å²) in [7, 11) is 0. The number of para-hydroxylation sites is 1. The van der Waals surface area contributed by atoms with Gasteiger partial charge in [-0.3, -0.25) is 9.36 Å². The number of rotatable bonds is 8. The Labute approximate surface area is 185 Å². The smallest absolute Gasteiger partial charge is 0.348 e. The molecule has 4 rings (SSSR count). The van der Waals surface area contributed by atoms with Gasteiger partial charge in [-0.1, -0.05) is 24.6 Å². The number of esters is 1. The second-order valence-corrected chi connectivity index (χ2v) is 9.01. The van der Waals surface area contributed by atoms with Crippen molar-refractivity contribution in [1.82, 2.24) is 9.55 Å². The van der Waals surface area contributed by atoms with Gasteiger partial charge in [0.1, 0.15) is 21.6 Å². The Bertz CT molecular complexity index is 1080. The minimum atomic E-state index is -0.323. The molecule has 0 N–H and O–H groups in total. The van der Waals surface area contributed by atoms with Crippen LogP contribution in [-0.2, 0) is 11.3 Å². The summed E-state index contributed by atoms with van der Waals surface area (Å²) in [6.45, 7) is 2.98. The van der Waals surface area contributed by atoms with Crippen molar-refractivity contribution in [2.24, 2.45) is 0 Å². The average molecular weight is 441 g/mol. The molecule has 0 saturated heterocycles. The molecule has 3 aromatic rings. The van der Waals surface area contributed by atoms with Crippen LogP contribution in [0.5, 0.6) is 5.75 Å². The van der Waals surface area contributed by atoms with Crippen molar-refractivity contribution in [2.75, 3.05) is 6.61 Å². The summed E-state index contributed by atoms with van der Waals surface area (Å²) in [4.78, 5) is 31.2. The first-order valence-corrected chi connectivity index (χ1v) is 11.8. The fourth-order valence-electron chi connectivity index (χ4n) is 3.99. The van der Waals surface area contributed by atoms with Gasteiger partial charge in [0.05, 0.1) is 18.3 Å². The molecule has 6 nitrogen and oxygen atoms in total. The molecule has 0 radical (unpaired) electrons. The van der Waals surface area contributed by atoms with Crippen molar-refractivity contribution >= 4 is 27.5 Å². The van der Waals surface area contributed by atoms with E-state index in [1.165, 1.54) is 17.8 Å². The van der Waals surface area contributed by atoms with Crippen molar-refractivity contribution in [3.63, 3.8) is 0 Å². The zero-order valence-electron chi connectivity index (χ0n) is 17.8. The number of aromatic nitrogens is 2. The van der Waals surface area contributed by atoms with Crippen LogP contribution in [0, 0.1) is 6.92 Å². The van der Waals surface area contributed by atoms with E-state index in [4.69, 9.17) is 9.47 Å². The van der Waals surface area contributed by atoms with Gasteiger partial charge < -0.3 is 9.47 Å². The lowest BCUT2D eigenvalue weighted by Gasteiger charge is -2.21.